The summed E-state index contributed by atoms with van der Waals surface area (Å²) in [6.07, 6.45) is -0.743. The highest BCUT2D eigenvalue weighted by atomic mass is 16.6. The summed E-state index contributed by atoms with van der Waals surface area (Å²) in [7, 11) is 1.39. The highest BCUT2D eigenvalue weighted by Crippen LogP contribution is 2.21. The Bertz CT molecular complexity index is 553. The quantitative estimate of drug-likeness (QED) is 0.570. The molecule has 0 amide bonds. The Balaban J connectivity index is 2.80. The standard InChI is InChI=1S/C12H13N3O5/c1-20-10(5-12(16)17)7-14-11-3-2-9(15(18)19)4-8(11)6-13/h2-4,10,14H,5,7H2,1H3,(H,16,17). The van der Waals surface area contributed by atoms with Crippen molar-refractivity contribution < 1.29 is 19.6 Å². The van der Waals surface area contributed by atoms with Crippen molar-refractivity contribution in [2.45, 2.75) is 12.5 Å². The average Bonchev–Trinajstić information content (AvgIpc) is 2.42. The fourth-order valence-electron chi connectivity index (χ4n) is 1.55. The van der Waals surface area contributed by atoms with Crippen LogP contribution in [0, 0.1) is 21.4 Å². The van der Waals surface area contributed by atoms with Crippen molar-refractivity contribution in [1.29, 1.82) is 5.26 Å². The van der Waals surface area contributed by atoms with E-state index >= 15 is 0 Å². The molecule has 0 aliphatic heterocycles. The number of methoxy groups -OCH3 is 1. The predicted octanol–water partition coefficient (Wildman–Crippen LogP) is 1.37. The second-order valence-corrected chi connectivity index (χ2v) is 3.94. The lowest BCUT2D eigenvalue weighted by atomic mass is 10.1. The fourth-order valence-corrected chi connectivity index (χ4v) is 1.55. The van der Waals surface area contributed by atoms with Crippen molar-refractivity contribution in [2.24, 2.45) is 0 Å². The van der Waals surface area contributed by atoms with Crippen molar-refractivity contribution in [3.63, 3.8) is 0 Å². The Morgan fingerprint density at radius 3 is 2.85 bits per heavy atom. The Kier molecular flexibility index (Phi) is 5.43. The van der Waals surface area contributed by atoms with E-state index in [2.05, 4.69) is 5.32 Å². The lowest BCUT2D eigenvalue weighted by Crippen LogP contribution is -2.25. The maximum atomic E-state index is 10.6. The third-order valence-electron chi connectivity index (χ3n) is 2.59. The SMILES string of the molecule is COC(CNc1ccc([N+](=O)[O-])cc1C#N)CC(=O)O. The van der Waals surface area contributed by atoms with Crippen LogP contribution in [0.15, 0.2) is 18.2 Å². The van der Waals surface area contributed by atoms with Gasteiger partial charge in [0.05, 0.1) is 28.7 Å². The summed E-state index contributed by atoms with van der Waals surface area (Å²) >= 11 is 0. The number of hydrogen-bond donors (Lipinski definition) is 2. The zero-order chi connectivity index (χ0) is 15.1. The zero-order valence-corrected chi connectivity index (χ0v) is 10.7. The minimum atomic E-state index is -0.997. The van der Waals surface area contributed by atoms with Crippen LogP contribution in [-0.4, -0.2) is 35.8 Å². The number of carboxylic acid groups (broad SMARTS) is 1. The van der Waals surface area contributed by atoms with Crippen LogP contribution in [0.5, 0.6) is 0 Å². The van der Waals surface area contributed by atoms with Gasteiger partial charge >= 0.3 is 5.97 Å². The van der Waals surface area contributed by atoms with Gasteiger partial charge in [-0.2, -0.15) is 5.26 Å². The maximum absolute atomic E-state index is 10.6. The molecule has 0 aromatic heterocycles. The molecule has 1 aromatic rings. The number of hydrogen-bond acceptors (Lipinski definition) is 6. The van der Waals surface area contributed by atoms with E-state index < -0.39 is 17.0 Å². The minimum Gasteiger partial charge on any atom is -0.481 e. The Hall–Kier alpha value is -2.66. The topological polar surface area (TPSA) is 125 Å². The van der Waals surface area contributed by atoms with Crippen molar-refractivity contribution >= 4 is 17.3 Å². The lowest BCUT2D eigenvalue weighted by molar-refractivity contribution is -0.384. The smallest absolute Gasteiger partial charge is 0.306 e. The first-order chi connectivity index (χ1) is 9.47. The van der Waals surface area contributed by atoms with E-state index in [4.69, 9.17) is 15.1 Å². The molecule has 0 spiro atoms. The van der Waals surface area contributed by atoms with Crippen LogP contribution in [0.2, 0.25) is 0 Å². The van der Waals surface area contributed by atoms with Gasteiger partial charge in [-0.3, -0.25) is 14.9 Å². The molecule has 0 saturated carbocycles. The molecule has 1 aromatic carbocycles. The Morgan fingerprint density at radius 1 is 1.65 bits per heavy atom. The van der Waals surface area contributed by atoms with Gasteiger partial charge in [0.25, 0.3) is 5.69 Å². The van der Waals surface area contributed by atoms with Crippen LogP contribution in [0.25, 0.3) is 0 Å². The largest absolute Gasteiger partial charge is 0.481 e. The molecule has 1 rings (SSSR count). The molecule has 0 radical (unpaired) electrons. The van der Waals surface area contributed by atoms with Gasteiger partial charge < -0.3 is 15.2 Å². The van der Waals surface area contributed by atoms with E-state index in [1.807, 2.05) is 6.07 Å². The van der Waals surface area contributed by atoms with Crippen LogP contribution in [-0.2, 0) is 9.53 Å². The third kappa shape index (κ3) is 4.22. The van der Waals surface area contributed by atoms with Crippen molar-refractivity contribution in [2.75, 3.05) is 19.0 Å². The number of aliphatic carboxylic acids is 1. The molecule has 20 heavy (non-hydrogen) atoms. The monoisotopic (exact) mass is 279 g/mol. The van der Waals surface area contributed by atoms with Crippen LogP contribution in [0.3, 0.4) is 0 Å². The first kappa shape index (κ1) is 15.4. The molecule has 106 valence electrons. The minimum absolute atomic E-state index is 0.115. The molecular weight excluding hydrogens is 266 g/mol. The van der Waals surface area contributed by atoms with Crippen LogP contribution >= 0.6 is 0 Å². The van der Waals surface area contributed by atoms with Crippen LogP contribution < -0.4 is 5.32 Å². The molecule has 0 saturated heterocycles. The molecular formula is C12H13N3O5. The summed E-state index contributed by atoms with van der Waals surface area (Å²) in [5, 5.41) is 31.1. The third-order valence-corrected chi connectivity index (χ3v) is 2.59. The number of nitro benzene ring substituents is 1. The van der Waals surface area contributed by atoms with E-state index in [1.165, 1.54) is 19.2 Å². The van der Waals surface area contributed by atoms with Crippen LogP contribution in [0.1, 0.15) is 12.0 Å². The van der Waals surface area contributed by atoms with Crippen molar-refractivity contribution in [3.8, 4) is 6.07 Å². The first-order valence-electron chi connectivity index (χ1n) is 5.65. The maximum Gasteiger partial charge on any atom is 0.306 e. The average molecular weight is 279 g/mol. The number of nitrogens with one attached hydrogen (secondary N) is 1. The molecule has 0 bridgehead atoms. The zero-order valence-electron chi connectivity index (χ0n) is 10.7. The number of anilines is 1. The van der Waals surface area contributed by atoms with Gasteiger partial charge in [0.15, 0.2) is 0 Å². The van der Waals surface area contributed by atoms with Gasteiger partial charge in [0.2, 0.25) is 0 Å². The van der Waals surface area contributed by atoms with Crippen molar-refractivity contribution in [3.05, 3.63) is 33.9 Å². The molecule has 1 atom stereocenters. The number of nitro groups is 1. The number of nitriles is 1. The second-order valence-electron chi connectivity index (χ2n) is 3.94. The van der Waals surface area contributed by atoms with Gasteiger partial charge in [-0.15, -0.1) is 0 Å². The molecule has 2 N–H and O–H groups in total. The summed E-state index contributed by atoms with van der Waals surface area (Å²) in [5.74, 6) is -0.997. The fraction of sp³-hybridized carbons (Fsp3) is 0.333. The molecule has 8 nitrogen and oxygen atoms in total. The van der Waals surface area contributed by atoms with Crippen LogP contribution in [0.4, 0.5) is 11.4 Å². The normalized spacial score (nSPS) is 11.4. The highest BCUT2D eigenvalue weighted by Gasteiger charge is 2.14. The number of rotatable bonds is 7. The summed E-state index contributed by atoms with van der Waals surface area (Å²) in [4.78, 5) is 20.6. The van der Waals surface area contributed by atoms with Gasteiger partial charge in [0, 0.05) is 25.8 Å². The molecule has 8 heteroatoms. The number of ether oxygens (including phenoxy) is 1. The summed E-state index contributed by atoms with van der Waals surface area (Å²) < 4.78 is 4.98. The van der Waals surface area contributed by atoms with Gasteiger partial charge in [-0.05, 0) is 6.07 Å². The summed E-state index contributed by atoms with van der Waals surface area (Å²) in [6, 6.07) is 5.68. The molecule has 0 aliphatic carbocycles. The van der Waals surface area contributed by atoms with E-state index in [9.17, 15) is 14.9 Å². The number of carbonyl (C=O) groups is 1. The summed E-state index contributed by atoms with van der Waals surface area (Å²) in [5.41, 5.74) is 0.329. The van der Waals surface area contributed by atoms with E-state index in [1.54, 1.807) is 0 Å². The molecule has 1 unspecified atom stereocenters. The van der Waals surface area contributed by atoms with E-state index in [-0.39, 0.29) is 24.2 Å². The van der Waals surface area contributed by atoms with Crippen molar-refractivity contribution in [1.82, 2.24) is 0 Å². The lowest BCUT2D eigenvalue weighted by Gasteiger charge is -2.15. The Labute approximate surface area is 114 Å². The number of non-ortho nitro benzene ring substituents is 1. The number of carboxylic acids is 1. The second kappa shape index (κ2) is 7.06. The number of nitrogens with zero attached hydrogens (tertiary/aromatic N) is 2. The van der Waals surface area contributed by atoms with Gasteiger partial charge in [-0.25, -0.2) is 0 Å². The molecule has 0 fully saturated rings. The predicted molar refractivity (Wildman–Crippen MR) is 69.4 cm³/mol. The van der Waals surface area contributed by atoms with Gasteiger partial charge in [-0.1, -0.05) is 0 Å². The molecule has 0 heterocycles. The summed E-state index contributed by atoms with van der Waals surface area (Å²) in [6.45, 7) is 0.176. The number of benzene rings is 1. The van der Waals surface area contributed by atoms with Gasteiger partial charge in [0.1, 0.15) is 6.07 Å². The first-order valence-corrected chi connectivity index (χ1v) is 5.65. The van der Waals surface area contributed by atoms with E-state index in [0.29, 0.717) is 5.69 Å². The van der Waals surface area contributed by atoms with E-state index in [0.717, 1.165) is 6.07 Å². The molecule has 0 aliphatic rings. The highest BCUT2D eigenvalue weighted by molar-refractivity contribution is 5.67. The Morgan fingerprint density at radius 2 is 2.35 bits per heavy atom.